The van der Waals surface area contributed by atoms with Crippen molar-refractivity contribution >= 4 is 27.4 Å². The van der Waals surface area contributed by atoms with Crippen molar-refractivity contribution in [3.05, 3.63) is 33.8 Å². The minimum absolute atomic E-state index is 0.919. The molecule has 0 unspecified atom stereocenters. The molecule has 3 aromatic rings. The maximum atomic E-state index is 5.31. The maximum Gasteiger partial charge on any atom is 0.141 e. The molecule has 136 valence electrons. The lowest BCUT2D eigenvalue weighted by Gasteiger charge is -2.35. The molecule has 1 aliphatic carbocycles. The molecule has 26 heavy (non-hydrogen) atoms. The summed E-state index contributed by atoms with van der Waals surface area (Å²) >= 11 is 1.87. The minimum Gasteiger partial charge on any atom is -0.361 e. The summed E-state index contributed by atoms with van der Waals surface area (Å²) < 4.78 is 5.31. The van der Waals surface area contributed by atoms with Gasteiger partial charge in [0.1, 0.15) is 22.7 Å². The van der Waals surface area contributed by atoms with Gasteiger partial charge < -0.3 is 9.42 Å². The van der Waals surface area contributed by atoms with Crippen molar-refractivity contribution in [1.29, 1.82) is 0 Å². The number of nitrogens with zero attached hydrogens (tertiary/aromatic N) is 5. The molecule has 0 aromatic carbocycles. The monoisotopic (exact) mass is 369 g/mol. The SMILES string of the molecule is Cc1noc(C)c1CN1CCN(c2ncnc3sc4c(c23)CCC4)CC1. The molecule has 7 heteroatoms. The number of hydrogen-bond donors (Lipinski definition) is 0. The summed E-state index contributed by atoms with van der Waals surface area (Å²) in [5.41, 5.74) is 3.76. The fraction of sp³-hybridized carbons (Fsp3) is 0.526. The third-order valence-electron chi connectivity index (χ3n) is 5.72. The van der Waals surface area contributed by atoms with Gasteiger partial charge in [-0.25, -0.2) is 9.97 Å². The van der Waals surface area contributed by atoms with Crippen LogP contribution in [-0.2, 0) is 19.4 Å². The Hall–Kier alpha value is -1.99. The van der Waals surface area contributed by atoms with Crippen LogP contribution in [0.3, 0.4) is 0 Å². The zero-order valence-corrected chi connectivity index (χ0v) is 16.1. The number of anilines is 1. The predicted octanol–water partition coefficient (Wildman–Crippen LogP) is 3.11. The first kappa shape index (κ1) is 16.2. The largest absolute Gasteiger partial charge is 0.361 e. The highest BCUT2D eigenvalue weighted by molar-refractivity contribution is 7.19. The van der Waals surface area contributed by atoms with Gasteiger partial charge in [0.25, 0.3) is 0 Å². The van der Waals surface area contributed by atoms with Crippen LogP contribution >= 0.6 is 11.3 Å². The summed E-state index contributed by atoms with van der Waals surface area (Å²) in [5, 5.41) is 5.40. The minimum atomic E-state index is 0.919. The first-order valence-electron chi connectivity index (χ1n) is 9.35. The van der Waals surface area contributed by atoms with E-state index in [9.17, 15) is 0 Å². The normalized spacial score (nSPS) is 18.0. The van der Waals surface area contributed by atoms with Crippen LogP contribution in [0.5, 0.6) is 0 Å². The number of aromatic nitrogens is 3. The van der Waals surface area contributed by atoms with Crippen molar-refractivity contribution in [2.24, 2.45) is 0 Å². The molecular formula is C19H23N5OS. The number of fused-ring (bicyclic) bond motifs is 3. The fourth-order valence-electron chi connectivity index (χ4n) is 4.22. The molecule has 0 amide bonds. The number of piperazine rings is 1. The molecule has 1 fully saturated rings. The van der Waals surface area contributed by atoms with E-state index in [2.05, 4.69) is 24.9 Å². The molecule has 2 aliphatic rings. The van der Waals surface area contributed by atoms with Crippen molar-refractivity contribution in [2.45, 2.75) is 39.7 Å². The van der Waals surface area contributed by atoms with E-state index in [1.807, 2.05) is 25.2 Å². The second kappa shape index (κ2) is 6.32. The summed E-state index contributed by atoms with van der Waals surface area (Å²) in [6, 6.07) is 0. The van der Waals surface area contributed by atoms with Crippen LogP contribution in [0, 0.1) is 13.8 Å². The zero-order valence-electron chi connectivity index (χ0n) is 15.3. The van der Waals surface area contributed by atoms with Gasteiger partial charge in [-0.2, -0.15) is 0 Å². The summed E-state index contributed by atoms with van der Waals surface area (Å²) in [4.78, 5) is 16.8. The highest BCUT2D eigenvalue weighted by Gasteiger charge is 2.26. The first-order valence-corrected chi connectivity index (χ1v) is 10.2. The smallest absolute Gasteiger partial charge is 0.141 e. The molecule has 3 aromatic heterocycles. The van der Waals surface area contributed by atoms with Gasteiger partial charge in [-0.15, -0.1) is 11.3 Å². The van der Waals surface area contributed by atoms with E-state index in [1.54, 1.807) is 6.33 Å². The van der Waals surface area contributed by atoms with Gasteiger partial charge in [0.05, 0.1) is 11.1 Å². The third-order valence-corrected chi connectivity index (χ3v) is 6.92. The van der Waals surface area contributed by atoms with E-state index in [0.717, 1.165) is 54.8 Å². The Morgan fingerprint density at radius 1 is 1.12 bits per heavy atom. The lowest BCUT2D eigenvalue weighted by atomic mass is 10.1. The lowest BCUT2D eigenvalue weighted by Crippen LogP contribution is -2.46. The van der Waals surface area contributed by atoms with Crippen LogP contribution in [-0.4, -0.2) is 46.2 Å². The first-order chi connectivity index (χ1) is 12.7. The molecule has 1 saturated heterocycles. The van der Waals surface area contributed by atoms with Gasteiger partial charge in [-0.05, 0) is 38.7 Å². The molecule has 0 spiro atoms. The quantitative estimate of drug-likeness (QED) is 0.707. The number of aryl methyl sites for hydroxylation is 4. The highest BCUT2D eigenvalue weighted by Crippen LogP contribution is 2.40. The van der Waals surface area contributed by atoms with E-state index in [-0.39, 0.29) is 0 Å². The van der Waals surface area contributed by atoms with Gasteiger partial charge in [0, 0.05) is 43.2 Å². The molecule has 0 saturated carbocycles. The van der Waals surface area contributed by atoms with Crippen molar-refractivity contribution < 1.29 is 4.52 Å². The fourth-order valence-corrected chi connectivity index (χ4v) is 5.44. The van der Waals surface area contributed by atoms with Crippen LogP contribution in [0.1, 0.15) is 33.9 Å². The topological polar surface area (TPSA) is 58.3 Å². The predicted molar refractivity (Wildman–Crippen MR) is 103 cm³/mol. The van der Waals surface area contributed by atoms with E-state index in [1.165, 1.54) is 40.7 Å². The van der Waals surface area contributed by atoms with Gasteiger partial charge in [-0.3, -0.25) is 4.90 Å². The summed E-state index contributed by atoms with van der Waals surface area (Å²) in [6.45, 7) is 9.00. The van der Waals surface area contributed by atoms with Crippen LogP contribution in [0.4, 0.5) is 5.82 Å². The maximum absolute atomic E-state index is 5.31. The molecule has 4 heterocycles. The van der Waals surface area contributed by atoms with E-state index >= 15 is 0 Å². The second-order valence-corrected chi connectivity index (χ2v) is 8.38. The second-order valence-electron chi connectivity index (χ2n) is 7.30. The number of hydrogen-bond acceptors (Lipinski definition) is 7. The van der Waals surface area contributed by atoms with Gasteiger partial charge >= 0.3 is 0 Å². The standard InChI is InChI=1S/C19H23N5OS/c1-12-15(13(2)25-22-12)10-23-6-8-24(9-7-23)18-17-14-4-3-5-16(14)26-19(17)21-11-20-18/h11H,3-10H2,1-2H3. The van der Waals surface area contributed by atoms with Crippen LogP contribution < -0.4 is 4.90 Å². The molecule has 6 nitrogen and oxygen atoms in total. The van der Waals surface area contributed by atoms with Crippen molar-refractivity contribution in [1.82, 2.24) is 20.0 Å². The Balaban J connectivity index is 1.35. The summed E-state index contributed by atoms with van der Waals surface area (Å²) in [5.74, 6) is 2.09. The molecule has 0 bridgehead atoms. The van der Waals surface area contributed by atoms with Gasteiger partial charge in [-0.1, -0.05) is 5.16 Å². The van der Waals surface area contributed by atoms with Gasteiger partial charge in [0.2, 0.25) is 0 Å². The molecule has 5 rings (SSSR count). The summed E-state index contributed by atoms with van der Waals surface area (Å²) in [6.07, 6.45) is 5.40. The van der Waals surface area contributed by atoms with Crippen LogP contribution in [0.15, 0.2) is 10.9 Å². The average Bonchev–Trinajstić information content (AvgIpc) is 3.32. The zero-order chi connectivity index (χ0) is 17.7. The molecule has 0 N–H and O–H groups in total. The Morgan fingerprint density at radius 3 is 2.73 bits per heavy atom. The third kappa shape index (κ3) is 2.61. The van der Waals surface area contributed by atoms with E-state index < -0.39 is 0 Å². The van der Waals surface area contributed by atoms with E-state index in [0.29, 0.717) is 0 Å². The van der Waals surface area contributed by atoms with E-state index in [4.69, 9.17) is 4.52 Å². The van der Waals surface area contributed by atoms with Crippen molar-refractivity contribution in [2.75, 3.05) is 31.1 Å². The van der Waals surface area contributed by atoms with Crippen molar-refractivity contribution in [3.8, 4) is 0 Å². The van der Waals surface area contributed by atoms with Crippen LogP contribution in [0.25, 0.3) is 10.2 Å². The number of thiophene rings is 1. The van der Waals surface area contributed by atoms with Crippen molar-refractivity contribution in [3.63, 3.8) is 0 Å². The summed E-state index contributed by atoms with van der Waals surface area (Å²) in [7, 11) is 0. The molecular weight excluding hydrogens is 346 g/mol. The molecule has 0 radical (unpaired) electrons. The van der Waals surface area contributed by atoms with Crippen LogP contribution in [0.2, 0.25) is 0 Å². The highest BCUT2D eigenvalue weighted by atomic mass is 32.1. The number of rotatable bonds is 3. The Kier molecular flexibility index (Phi) is 3.94. The Morgan fingerprint density at radius 2 is 1.96 bits per heavy atom. The Labute approximate surface area is 156 Å². The van der Waals surface area contributed by atoms with Gasteiger partial charge in [0.15, 0.2) is 0 Å². The average molecular weight is 369 g/mol. The lowest BCUT2D eigenvalue weighted by molar-refractivity contribution is 0.247. The molecule has 0 atom stereocenters. The Bertz CT molecular complexity index is 935. The molecule has 1 aliphatic heterocycles.